The number of nitrogens with one attached hydrogen (secondary N) is 1. The van der Waals surface area contributed by atoms with Gasteiger partial charge < -0.3 is 24.8 Å². The van der Waals surface area contributed by atoms with Gasteiger partial charge >= 0.3 is 0 Å². The van der Waals surface area contributed by atoms with E-state index in [0.29, 0.717) is 12.1 Å². The lowest BCUT2D eigenvalue weighted by atomic mass is 9.99. The van der Waals surface area contributed by atoms with Crippen molar-refractivity contribution in [3.8, 4) is 0 Å². The van der Waals surface area contributed by atoms with Crippen LogP contribution in [0.2, 0.25) is 0 Å². The lowest BCUT2D eigenvalue weighted by molar-refractivity contribution is -0.252. The van der Waals surface area contributed by atoms with Gasteiger partial charge in [-0.15, -0.1) is 0 Å². The molecule has 4 rings (SSSR count). The van der Waals surface area contributed by atoms with E-state index >= 15 is 0 Å². The monoisotopic (exact) mass is 577 g/mol. The molecule has 3 atom stereocenters. The second-order valence-corrected chi connectivity index (χ2v) is 11.5. The maximum Gasteiger partial charge on any atom is 0.276 e. The van der Waals surface area contributed by atoms with Crippen molar-refractivity contribution in [2.75, 3.05) is 25.5 Å². The van der Waals surface area contributed by atoms with Crippen LogP contribution in [0.25, 0.3) is 0 Å². The van der Waals surface area contributed by atoms with E-state index in [1.807, 2.05) is 60.8 Å². The summed E-state index contributed by atoms with van der Waals surface area (Å²) in [5.41, 5.74) is 4.20. The first kappa shape index (κ1) is 28.8. The van der Waals surface area contributed by atoms with Gasteiger partial charge in [0.05, 0.1) is 18.8 Å². The first-order valence-electron chi connectivity index (χ1n) is 12.3. The number of benzene rings is 2. The average molecular weight is 579 g/mol. The molecule has 0 aliphatic carbocycles. The topological polar surface area (TPSA) is 83.9 Å². The Kier molecular flexibility index (Phi) is 10.0. The molecule has 1 aromatic heterocycles. The highest BCUT2D eigenvalue weighted by molar-refractivity contribution is 6.76. The van der Waals surface area contributed by atoms with Gasteiger partial charge in [-0.1, -0.05) is 77.3 Å². The van der Waals surface area contributed by atoms with Crippen molar-refractivity contribution in [1.82, 2.24) is 9.88 Å². The zero-order valence-corrected chi connectivity index (χ0v) is 23.2. The molecule has 1 amide bonds. The van der Waals surface area contributed by atoms with Crippen LogP contribution < -0.4 is 5.32 Å². The average Bonchev–Trinajstić information content (AvgIpc) is 2.92. The van der Waals surface area contributed by atoms with Crippen LogP contribution in [0, 0.1) is 0 Å². The Morgan fingerprint density at radius 3 is 2.39 bits per heavy atom. The molecule has 38 heavy (non-hydrogen) atoms. The zero-order chi connectivity index (χ0) is 27.1. The minimum Gasteiger partial charge on any atom is -0.392 e. The molecule has 2 N–H and O–H groups in total. The molecule has 7 nitrogen and oxygen atoms in total. The Morgan fingerprint density at radius 1 is 1.05 bits per heavy atom. The number of carbonyl (C=O) groups excluding carboxylic acids is 1. The molecular weight excluding hydrogens is 549 g/mol. The number of rotatable bonds is 9. The number of halogens is 3. The number of pyridine rings is 1. The third-order valence-electron chi connectivity index (χ3n) is 6.30. The predicted octanol–water partition coefficient (Wildman–Crippen LogP) is 5.60. The summed E-state index contributed by atoms with van der Waals surface area (Å²) in [7, 11) is 2.07. The fourth-order valence-electron chi connectivity index (χ4n) is 4.25. The van der Waals surface area contributed by atoms with Crippen LogP contribution in [0.3, 0.4) is 0 Å². The third-order valence-corrected chi connectivity index (χ3v) is 6.82. The summed E-state index contributed by atoms with van der Waals surface area (Å²) in [5, 5.41) is 12.0. The number of likely N-dealkylation sites (N-methyl/N-ethyl adjacent to an activating group) is 1. The van der Waals surface area contributed by atoms with Crippen LogP contribution in [-0.4, -0.2) is 50.9 Å². The quantitative estimate of drug-likeness (QED) is 0.322. The molecule has 0 radical (unpaired) electrons. The number of anilines is 1. The van der Waals surface area contributed by atoms with E-state index in [1.165, 1.54) is 0 Å². The highest BCUT2D eigenvalue weighted by atomic mass is 35.6. The number of aliphatic hydroxyl groups excluding tert-OH is 1. The molecule has 0 unspecified atom stereocenters. The molecule has 1 aliphatic rings. The molecule has 2 aromatic carbocycles. The van der Waals surface area contributed by atoms with Crippen molar-refractivity contribution in [3.05, 3.63) is 95.3 Å². The van der Waals surface area contributed by atoms with E-state index in [0.717, 1.165) is 41.9 Å². The summed E-state index contributed by atoms with van der Waals surface area (Å²) < 4.78 is 10.7. The van der Waals surface area contributed by atoms with Crippen molar-refractivity contribution >= 4 is 46.4 Å². The van der Waals surface area contributed by atoms with Crippen molar-refractivity contribution < 1.29 is 19.4 Å². The summed E-state index contributed by atoms with van der Waals surface area (Å²) in [5.74, 6) is -0.736. The molecule has 202 valence electrons. The summed E-state index contributed by atoms with van der Waals surface area (Å²) in [6, 6.07) is 20.8. The Bertz CT molecular complexity index is 1170. The number of nitrogens with zero attached hydrogens (tertiary/aromatic N) is 2. The van der Waals surface area contributed by atoms with Gasteiger partial charge in [-0.05, 0) is 42.4 Å². The van der Waals surface area contributed by atoms with Gasteiger partial charge in [0.1, 0.15) is 0 Å². The SMILES string of the molecule is CN(CCc1ccccn1)C[C@@H]1C[C@H](c2ccc(CO)cc2)O[C@H](c2ccc(NC(=O)C(Cl)(Cl)Cl)cc2)O1. The molecule has 1 aliphatic heterocycles. The number of ether oxygens (including phenoxy) is 2. The molecule has 0 spiro atoms. The second kappa shape index (κ2) is 13.2. The van der Waals surface area contributed by atoms with Gasteiger partial charge in [0.15, 0.2) is 6.29 Å². The first-order chi connectivity index (χ1) is 18.2. The molecule has 2 heterocycles. The van der Waals surface area contributed by atoms with Gasteiger partial charge in [0.2, 0.25) is 0 Å². The highest BCUT2D eigenvalue weighted by Crippen LogP contribution is 2.38. The molecule has 1 saturated heterocycles. The van der Waals surface area contributed by atoms with Gasteiger partial charge in [0, 0.05) is 49.1 Å². The Labute approximate surface area is 237 Å². The minimum atomic E-state index is -2.05. The maximum absolute atomic E-state index is 12.0. The molecule has 1 fully saturated rings. The van der Waals surface area contributed by atoms with Crippen molar-refractivity contribution in [3.63, 3.8) is 0 Å². The zero-order valence-electron chi connectivity index (χ0n) is 20.9. The number of alkyl halides is 3. The summed E-state index contributed by atoms with van der Waals surface area (Å²) in [6.07, 6.45) is 2.44. The fraction of sp³-hybridized carbons (Fsp3) is 0.357. The van der Waals surface area contributed by atoms with Crippen LogP contribution in [-0.2, 0) is 27.3 Å². The maximum atomic E-state index is 12.0. The van der Waals surface area contributed by atoms with E-state index in [1.54, 1.807) is 12.1 Å². The van der Waals surface area contributed by atoms with Crippen LogP contribution >= 0.6 is 34.8 Å². The van der Waals surface area contributed by atoms with E-state index in [2.05, 4.69) is 22.2 Å². The Balaban J connectivity index is 1.47. The normalized spacial score (nSPS) is 19.9. The second-order valence-electron chi connectivity index (χ2n) is 9.26. The van der Waals surface area contributed by atoms with Gasteiger partial charge in [-0.25, -0.2) is 0 Å². The largest absolute Gasteiger partial charge is 0.392 e. The fourth-order valence-corrected chi connectivity index (χ4v) is 4.39. The van der Waals surface area contributed by atoms with Crippen molar-refractivity contribution in [2.24, 2.45) is 0 Å². The number of aromatic nitrogens is 1. The molecular formula is C28H30Cl3N3O4. The summed E-state index contributed by atoms with van der Waals surface area (Å²) >= 11 is 17.0. The number of carbonyl (C=O) groups is 1. The van der Waals surface area contributed by atoms with Gasteiger partial charge in [-0.2, -0.15) is 0 Å². The van der Waals surface area contributed by atoms with Crippen LogP contribution in [0.5, 0.6) is 0 Å². The van der Waals surface area contributed by atoms with E-state index < -0.39 is 16.0 Å². The minimum absolute atomic E-state index is 0.0115. The highest BCUT2D eigenvalue weighted by Gasteiger charge is 2.33. The number of amides is 1. The van der Waals surface area contributed by atoms with Crippen LogP contribution in [0.15, 0.2) is 72.9 Å². The number of aliphatic hydroxyl groups is 1. The van der Waals surface area contributed by atoms with Crippen LogP contribution in [0.1, 0.15) is 41.2 Å². The lowest BCUT2D eigenvalue weighted by Crippen LogP contribution is -2.38. The number of hydrogen-bond acceptors (Lipinski definition) is 6. The Morgan fingerprint density at radius 2 is 1.76 bits per heavy atom. The summed E-state index contributed by atoms with van der Waals surface area (Å²) in [4.78, 5) is 18.6. The van der Waals surface area contributed by atoms with E-state index in [4.69, 9.17) is 44.3 Å². The van der Waals surface area contributed by atoms with Gasteiger partial charge in [0.25, 0.3) is 9.70 Å². The third kappa shape index (κ3) is 8.13. The molecule has 3 aromatic rings. The summed E-state index contributed by atoms with van der Waals surface area (Å²) in [6.45, 7) is 1.55. The standard InChI is InChI=1S/C28H30Cl3N3O4/c1-34(15-13-22-4-2-3-14-32-22)17-24-16-25(20-7-5-19(18-35)6-8-20)38-26(37-24)21-9-11-23(12-10-21)33-27(36)28(29,30)31/h2-12,14,24-26,35H,13,15-18H2,1H3,(H,33,36)/t24-,25+,26+/m0/s1. The Hall–Kier alpha value is -2.23. The molecule has 10 heteroatoms. The predicted molar refractivity (Wildman–Crippen MR) is 149 cm³/mol. The van der Waals surface area contributed by atoms with E-state index in [9.17, 15) is 9.90 Å². The van der Waals surface area contributed by atoms with E-state index in [-0.39, 0.29) is 18.8 Å². The first-order valence-corrected chi connectivity index (χ1v) is 13.4. The smallest absolute Gasteiger partial charge is 0.276 e. The number of hydrogen-bond donors (Lipinski definition) is 2. The van der Waals surface area contributed by atoms with Crippen LogP contribution in [0.4, 0.5) is 5.69 Å². The molecule has 0 bridgehead atoms. The molecule has 0 saturated carbocycles. The van der Waals surface area contributed by atoms with Crippen molar-refractivity contribution in [1.29, 1.82) is 0 Å². The van der Waals surface area contributed by atoms with Gasteiger partial charge in [-0.3, -0.25) is 9.78 Å². The lowest BCUT2D eigenvalue weighted by Gasteiger charge is -2.38. The van der Waals surface area contributed by atoms with Crippen molar-refractivity contribution in [2.45, 2.75) is 41.7 Å².